The molecule has 2 aromatic heterocycles. The van der Waals surface area contributed by atoms with Crippen molar-refractivity contribution in [3.63, 3.8) is 0 Å². The summed E-state index contributed by atoms with van der Waals surface area (Å²) in [5, 5.41) is 13.1. The van der Waals surface area contributed by atoms with E-state index in [1.807, 2.05) is 24.3 Å². The summed E-state index contributed by atoms with van der Waals surface area (Å²) in [6, 6.07) is 10.8. The third-order valence-corrected chi connectivity index (χ3v) is 3.39. The number of benzene rings is 1. The third kappa shape index (κ3) is 3.14. The van der Waals surface area contributed by atoms with Crippen LogP contribution in [0.1, 0.15) is 22.3 Å². The Labute approximate surface area is 133 Å². The van der Waals surface area contributed by atoms with Crippen molar-refractivity contribution in [3.05, 3.63) is 53.9 Å². The Balaban J connectivity index is 1.75. The van der Waals surface area contributed by atoms with E-state index >= 15 is 0 Å². The zero-order valence-electron chi connectivity index (χ0n) is 12.8. The number of aromatic amines is 1. The number of nitrogens with one attached hydrogen (secondary N) is 2. The molecule has 0 spiro atoms. The van der Waals surface area contributed by atoms with E-state index < -0.39 is 6.23 Å². The molecule has 3 rings (SSSR count). The third-order valence-electron chi connectivity index (χ3n) is 3.39. The summed E-state index contributed by atoms with van der Waals surface area (Å²) >= 11 is 0. The molecule has 3 N–H and O–H groups in total. The quantitative estimate of drug-likeness (QED) is 0.638. The molecule has 23 heavy (non-hydrogen) atoms. The lowest BCUT2D eigenvalue weighted by Gasteiger charge is -2.13. The number of fused-ring (bicyclic) bond motifs is 1. The molecule has 7 heteroatoms. The number of hydrogen-bond acceptors (Lipinski definition) is 5. The van der Waals surface area contributed by atoms with Crippen molar-refractivity contribution in [2.75, 3.05) is 19.4 Å². The first-order chi connectivity index (χ1) is 11.0. The zero-order chi connectivity index (χ0) is 16.4. The molecule has 1 aromatic carbocycles. The second-order valence-corrected chi connectivity index (χ2v) is 5.33. The maximum Gasteiger partial charge on any atom is 0.271 e. The number of nitrogens with zero attached hydrogens (tertiary/aromatic N) is 3. The minimum Gasteiger partial charge on any atom is -0.369 e. The summed E-state index contributed by atoms with van der Waals surface area (Å²) in [4.78, 5) is 24.7. The molecule has 0 radical (unpaired) electrons. The van der Waals surface area contributed by atoms with Gasteiger partial charge in [-0.3, -0.25) is 9.78 Å². The molecule has 1 atom stereocenters. The van der Waals surface area contributed by atoms with Crippen molar-refractivity contribution in [3.8, 4) is 0 Å². The molecule has 7 nitrogen and oxygen atoms in total. The molecule has 0 fully saturated rings. The SMILES string of the molecule is CN(C)C(=O)c1ccc(C(O)Nc2nc3ccccc3[nH]2)cn1. The number of aliphatic hydroxyl groups excluding tert-OH is 1. The molecule has 0 saturated heterocycles. The lowest BCUT2D eigenvalue weighted by Crippen LogP contribution is -2.23. The van der Waals surface area contributed by atoms with Gasteiger partial charge in [0.05, 0.1) is 11.0 Å². The van der Waals surface area contributed by atoms with Gasteiger partial charge in [0.25, 0.3) is 5.91 Å². The lowest BCUT2D eigenvalue weighted by atomic mass is 10.2. The molecular formula is C16H17N5O2. The highest BCUT2D eigenvalue weighted by molar-refractivity contribution is 5.91. The molecular weight excluding hydrogens is 294 g/mol. The van der Waals surface area contributed by atoms with Gasteiger partial charge in [-0.15, -0.1) is 0 Å². The van der Waals surface area contributed by atoms with E-state index in [2.05, 4.69) is 20.3 Å². The highest BCUT2D eigenvalue weighted by Crippen LogP contribution is 2.18. The molecule has 3 aromatic rings. The fraction of sp³-hybridized carbons (Fsp3) is 0.188. The van der Waals surface area contributed by atoms with Crippen LogP contribution in [0.4, 0.5) is 5.95 Å². The monoisotopic (exact) mass is 311 g/mol. The van der Waals surface area contributed by atoms with E-state index in [0.717, 1.165) is 11.0 Å². The number of H-pyrrole nitrogens is 1. The van der Waals surface area contributed by atoms with E-state index in [1.54, 1.807) is 26.2 Å². The summed E-state index contributed by atoms with van der Waals surface area (Å²) in [6.45, 7) is 0. The predicted molar refractivity (Wildman–Crippen MR) is 86.9 cm³/mol. The molecule has 118 valence electrons. The van der Waals surface area contributed by atoms with E-state index in [0.29, 0.717) is 17.2 Å². The smallest absolute Gasteiger partial charge is 0.271 e. The number of imidazole rings is 1. The van der Waals surface area contributed by atoms with Crippen LogP contribution in [0.2, 0.25) is 0 Å². The molecule has 1 amide bonds. The van der Waals surface area contributed by atoms with E-state index in [4.69, 9.17) is 0 Å². The van der Waals surface area contributed by atoms with Crippen LogP contribution in [0.5, 0.6) is 0 Å². The molecule has 1 unspecified atom stereocenters. The lowest BCUT2D eigenvalue weighted by molar-refractivity contribution is 0.0821. The largest absolute Gasteiger partial charge is 0.369 e. The van der Waals surface area contributed by atoms with Gasteiger partial charge in [0.2, 0.25) is 5.95 Å². The van der Waals surface area contributed by atoms with E-state index in [9.17, 15) is 9.90 Å². The number of carbonyl (C=O) groups excluding carboxylic acids is 1. The minimum atomic E-state index is -0.980. The Morgan fingerprint density at radius 1 is 1.26 bits per heavy atom. The fourth-order valence-electron chi connectivity index (χ4n) is 2.16. The average Bonchev–Trinajstić information content (AvgIpc) is 2.96. The van der Waals surface area contributed by atoms with Crippen LogP contribution in [0.15, 0.2) is 42.6 Å². The van der Waals surface area contributed by atoms with Gasteiger partial charge in [0.15, 0.2) is 6.23 Å². The van der Waals surface area contributed by atoms with Gasteiger partial charge in [-0.25, -0.2) is 4.98 Å². The van der Waals surface area contributed by atoms with Crippen LogP contribution in [0, 0.1) is 0 Å². The molecule has 0 aliphatic rings. The molecule has 0 aliphatic heterocycles. The van der Waals surface area contributed by atoms with Gasteiger partial charge in [-0.05, 0) is 18.2 Å². The molecule has 2 heterocycles. The summed E-state index contributed by atoms with van der Waals surface area (Å²) in [7, 11) is 3.33. The first-order valence-corrected chi connectivity index (χ1v) is 7.11. The van der Waals surface area contributed by atoms with Gasteiger partial charge in [0.1, 0.15) is 5.69 Å². The number of anilines is 1. The Bertz CT molecular complexity index is 793. The number of aromatic nitrogens is 3. The van der Waals surface area contributed by atoms with E-state index in [1.165, 1.54) is 11.1 Å². The Morgan fingerprint density at radius 3 is 2.70 bits per heavy atom. The number of amides is 1. The van der Waals surface area contributed by atoms with Crippen molar-refractivity contribution >= 4 is 22.9 Å². The number of aliphatic hydroxyl groups is 1. The first kappa shape index (κ1) is 15.0. The predicted octanol–water partition coefficient (Wildman–Crippen LogP) is 1.76. The highest BCUT2D eigenvalue weighted by Gasteiger charge is 2.13. The maximum absolute atomic E-state index is 11.8. The van der Waals surface area contributed by atoms with Crippen molar-refractivity contribution in [1.82, 2.24) is 19.9 Å². The second kappa shape index (κ2) is 6.05. The van der Waals surface area contributed by atoms with Crippen molar-refractivity contribution < 1.29 is 9.90 Å². The van der Waals surface area contributed by atoms with E-state index in [-0.39, 0.29) is 5.91 Å². The highest BCUT2D eigenvalue weighted by atomic mass is 16.3. The van der Waals surface area contributed by atoms with Gasteiger partial charge in [-0.1, -0.05) is 18.2 Å². The Hall–Kier alpha value is -2.93. The van der Waals surface area contributed by atoms with Gasteiger partial charge in [-0.2, -0.15) is 0 Å². The minimum absolute atomic E-state index is 0.184. The number of para-hydroxylation sites is 2. The van der Waals surface area contributed by atoms with Crippen LogP contribution >= 0.6 is 0 Å². The number of pyridine rings is 1. The molecule has 0 saturated carbocycles. The van der Waals surface area contributed by atoms with Crippen molar-refractivity contribution in [1.29, 1.82) is 0 Å². The Morgan fingerprint density at radius 2 is 2.04 bits per heavy atom. The van der Waals surface area contributed by atoms with Crippen LogP contribution in [-0.4, -0.2) is 45.0 Å². The van der Waals surface area contributed by atoms with Gasteiger partial charge in [0, 0.05) is 25.9 Å². The number of rotatable bonds is 4. The standard InChI is InChI=1S/C16H17N5O2/c1-21(2)15(23)13-8-7-10(9-17-13)14(22)20-16-18-11-5-3-4-6-12(11)19-16/h3-9,14,22H,1-2H3,(H2,18,19,20). The van der Waals surface area contributed by atoms with Crippen LogP contribution in [-0.2, 0) is 0 Å². The summed E-state index contributed by atoms with van der Waals surface area (Å²) in [6.07, 6.45) is 0.489. The van der Waals surface area contributed by atoms with Crippen LogP contribution < -0.4 is 5.32 Å². The first-order valence-electron chi connectivity index (χ1n) is 7.11. The topological polar surface area (TPSA) is 94.1 Å². The molecule has 0 bridgehead atoms. The summed E-state index contributed by atoms with van der Waals surface area (Å²) < 4.78 is 0. The number of carbonyl (C=O) groups is 1. The second-order valence-electron chi connectivity index (χ2n) is 5.33. The van der Waals surface area contributed by atoms with Crippen molar-refractivity contribution in [2.45, 2.75) is 6.23 Å². The van der Waals surface area contributed by atoms with Crippen LogP contribution in [0.3, 0.4) is 0 Å². The summed E-state index contributed by atoms with van der Waals surface area (Å²) in [5.41, 5.74) is 2.56. The molecule has 0 aliphatic carbocycles. The van der Waals surface area contributed by atoms with Crippen LogP contribution in [0.25, 0.3) is 11.0 Å². The Kier molecular flexibility index (Phi) is 3.94. The zero-order valence-corrected chi connectivity index (χ0v) is 12.8. The van der Waals surface area contributed by atoms with Crippen molar-refractivity contribution in [2.24, 2.45) is 0 Å². The summed E-state index contributed by atoms with van der Waals surface area (Å²) in [5.74, 6) is 0.281. The number of hydrogen-bond donors (Lipinski definition) is 3. The fourth-order valence-corrected chi connectivity index (χ4v) is 2.16. The van der Waals surface area contributed by atoms with Gasteiger partial charge >= 0.3 is 0 Å². The normalized spacial score (nSPS) is 12.1. The average molecular weight is 311 g/mol. The van der Waals surface area contributed by atoms with Gasteiger partial charge < -0.3 is 20.3 Å². The maximum atomic E-state index is 11.8.